The molecule has 0 aromatic heterocycles. The topological polar surface area (TPSA) is 55.7 Å². The first-order valence-corrected chi connectivity index (χ1v) is 8.29. The monoisotopic (exact) mass is 338 g/mol. The molecule has 0 aliphatic heterocycles. The van der Waals surface area contributed by atoms with E-state index in [9.17, 15) is 10.3 Å². The van der Waals surface area contributed by atoms with E-state index in [0.717, 1.165) is 21.8 Å². The van der Waals surface area contributed by atoms with Gasteiger partial charge in [0.2, 0.25) is 0 Å². The third-order valence-electron chi connectivity index (χ3n) is 4.02. The van der Waals surface area contributed by atoms with Crippen LogP contribution in [0.1, 0.15) is 71.2 Å². The maximum absolute atomic E-state index is 10.7. The second-order valence-corrected chi connectivity index (χ2v) is 8.43. The second-order valence-electron chi connectivity index (χ2n) is 8.04. The van der Waals surface area contributed by atoms with E-state index in [4.69, 9.17) is 12.2 Å². The van der Waals surface area contributed by atoms with Gasteiger partial charge in [-0.05, 0) is 58.8 Å². The molecule has 1 rings (SSSR count). The predicted molar refractivity (Wildman–Crippen MR) is 99.2 cm³/mol. The molecule has 0 fully saturated rings. The van der Waals surface area contributed by atoms with Crippen molar-refractivity contribution in [2.45, 2.75) is 65.3 Å². The molecule has 0 saturated carbocycles. The fraction of sp³-hybridized carbons (Fsp3) is 0.611. The highest BCUT2D eigenvalue weighted by Gasteiger charge is 2.28. The summed E-state index contributed by atoms with van der Waals surface area (Å²) in [7, 11) is 1.68. The maximum Gasteiger partial charge on any atom is 0.193 e. The summed E-state index contributed by atoms with van der Waals surface area (Å²) in [5, 5.41) is 25.1. The fourth-order valence-electron chi connectivity index (χ4n) is 2.47. The Kier molecular flexibility index (Phi) is 5.70. The van der Waals surface area contributed by atoms with Crippen molar-refractivity contribution >= 4 is 17.3 Å². The molecule has 0 aliphatic rings. The number of hydrogen-bond donors (Lipinski definition) is 3. The lowest BCUT2D eigenvalue weighted by Crippen LogP contribution is -2.37. The van der Waals surface area contributed by atoms with Crippen LogP contribution in [-0.4, -0.2) is 27.5 Å². The van der Waals surface area contributed by atoms with Crippen molar-refractivity contribution in [2.24, 2.45) is 0 Å². The third-order valence-corrected chi connectivity index (χ3v) is 4.41. The lowest BCUT2D eigenvalue weighted by Gasteiger charge is -2.31. The van der Waals surface area contributed by atoms with Crippen molar-refractivity contribution in [2.75, 3.05) is 7.05 Å². The molecule has 5 heteroatoms. The average Bonchev–Trinajstić information content (AvgIpc) is 2.42. The van der Waals surface area contributed by atoms with Gasteiger partial charge in [-0.1, -0.05) is 41.5 Å². The predicted octanol–water partition coefficient (Wildman–Crippen LogP) is 4.24. The quantitative estimate of drug-likeness (QED) is 0.556. The minimum atomic E-state index is -0.322. The van der Waals surface area contributed by atoms with E-state index >= 15 is 0 Å². The Labute approximate surface area is 145 Å². The Morgan fingerprint density at radius 2 is 1.48 bits per heavy atom. The van der Waals surface area contributed by atoms with Crippen LogP contribution < -0.4 is 5.32 Å². The molecule has 0 aliphatic carbocycles. The highest BCUT2D eigenvalue weighted by atomic mass is 32.1. The zero-order valence-corrected chi connectivity index (χ0v) is 16.3. The maximum atomic E-state index is 10.7. The molecule has 1 unspecified atom stereocenters. The zero-order chi connectivity index (χ0) is 18.2. The molecule has 0 radical (unpaired) electrons. The Hall–Kier alpha value is -1.33. The molecule has 1 aromatic rings. The molecule has 1 atom stereocenters. The molecular weight excluding hydrogens is 308 g/mol. The van der Waals surface area contributed by atoms with Crippen LogP contribution in [0.3, 0.4) is 0 Å². The van der Waals surface area contributed by atoms with E-state index in [0.29, 0.717) is 5.75 Å². The normalized spacial score (nSPS) is 13.6. The molecule has 0 bridgehead atoms. The zero-order valence-electron chi connectivity index (χ0n) is 15.5. The summed E-state index contributed by atoms with van der Waals surface area (Å²) in [4.78, 5) is 0. The average molecular weight is 339 g/mol. The van der Waals surface area contributed by atoms with Crippen molar-refractivity contribution < 1.29 is 10.3 Å². The summed E-state index contributed by atoms with van der Waals surface area (Å²) in [6.45, 7) is 14.3. The van der Waals surface area contributed by atoms with Crippen molar-refractivity contribution in [1.82, 2.24) is 10.4 Å². The Bertz CT molecular complexity index is 551. The van der Waals surface area contributed by atoms with Crippen LogP contribution in [-0.2, 0) is 10.8 Å². The number of phenols is 1. The van der Waals surface area contributed by atoms with Crippen molar-refractivity contribution in [3.05, 3.63) is 28.8 Å². The van der Waals surface area contributed by atoms with Gasteiger partial charge in [0, 0.05) is 7.05 Å². The van der Waals surface area contributed by atoms with Crippen molar-refractivity contribution in [3.63, 3.8) is 0 Å². The van der Waals surface area contributed by atoms with Crippen LogP contribution in [0.2, 0.25) is 0 Å². The van der Waals surface area contributed by atoms with Gasteiger partial charge in [0.15, 0.2) is 5.11 Å². The SMILES string of the molecule is CNC(=S)N(O)C(C)c1cc(C(C)(C)C)c(O)c(C(C)(C)C)c1. The first-order chi connectivity index (χ1) is 10.3. The number of rotatable bonds is 2. The van der Waals surface area contributed by atoms with E-state index in [1.807, 2.05) is 19.1 Å². The van der Waals surface area contributed by atoms with E-state index in [-0.39, 0.29) is 22.0 Å². The number of nitrogens with one attached hydrogen (secondary N) is 1. The van der Waals surface area contributed by atoms with Gasteiger partial charge >= 0.3 is 0 Å². The number of phenolic OH excluding ortho intramolecular Hbond substituents is 1. The van der Waals surface area contributed by atoms with Crippen LogP contribution in [0.4, 0.5) is 0 Å². The summed E-state index contributed by atoms with van der Waals surface area (Å²) in [5.74, 6) is 0.335. The van der Waals surface area contributed by atoms with Crippen LogP contribution in [0.15, 0.2) is 12.1 Å². The van der Waals surface area contributed by atoms with E-state index < -0.39 is 0 Å². The summed E-state index contributed by atoms with van der Waals surface area (Å²) in [6, 6.07) is 3.59. The van der Waals surface area contributed by atoms with Crippen LogP contribution in [0, 0.1) is 0 Å². The largest absolute Gasteiger partial charge is 0.507 e. The lowest BCUT2D eigenvalue weighted by atomic mass is 9.78. The van der Waals surface area contributed by atoms with E-state index in [2.05, 4.69) is 46.9 Å². The van der Waals surface area contributed by atoms with Crippen molar-refractivity contribution in [1.29, 1.82) is 0 Å². The van der Waals surface area contributed by atoms with Gasteiger partial charge in [-0.3, -0.25) is 5.21 Å². The highest BCUT2D eigenvalue weighted by molar-refractivity contribution is 7.80. The molecule has 0 heterocycles. The number of hydroxylamine groups is 2. The lowest BCUT2D eigenvalue weighted by molar-refractivity contribution is -0.0495. The molecular formula is C18H30N2O2S. The molecule has 3 N–H and O–H groups in total. The highest BCUT2D eigenvalue weighted by Crippen LogP contribution is 2.41. The van der Waals surface area contributed by atoms with Gasteiger partial charge in [0.1, 0.15) is 5.75 Å². The first kappa shape index (κ1) is 19.7. The van der Waals surface area contributed by atoms with Gasteiger partial charge < -0.3 is 10.4 Å². The third kappa shape index (κ3) is 4.36. The summed E-state index contributed by atoms with van der Waals surface area (Å²) >= 11 is 5.11. The summed E-state index contributed by atoms with van der Waals surface area (Å²) < 4.78 is 0. The molecule has 0 spiro atoms. The Morgan fingerprint density at radius 1 is 1.09 bits per heavy atom. The molecule has 4 nitrogen and oxygen atoms in total. The van der Waals surface area contributed by atoms with E-state index in [1.54, 1.807) is 7.05 Å². The Balaban J connectivity index is 3.53. The van der Waals surface area contributed by atoms with Crippen LogP contribution in [0.5, 0.6) is 5.75 Å². The molecule has 130 valence electrons. The number of nitrogens with zero attached hydrogens (tertiary/aromatic N) is 1. The van der Waals surface area contributed by atoms with Gasteiger partial charge in [-0.15, -0.1) is 0 Å². The van der Waals surface area contributed by atoms with Gasteiger partial charge in [-0.2, -0.15) is 0 Å². The van der Waals surface area contributed by atoms with Gasteiger partial charge in [0.05, 0.1) is 6.04 Å². The molecule has 1 aromatic carbocycles. The van der Waals surface area contributed by atoms with Crippen LogP contribution >= 0.6 is 12.2 Å². The number of hydrogen-bond acceptors (Lipinski definition) is 3. The van der Waals surface area contributed by atoms with Gasteiger partial charge in [0.25, 0.3) is 0 Å². The minimum absolute atomic E-state index is 0.205. The molecule has 0 saturated heterocycles. The fourth-order valence-corrected chi connectivity index (χ4v) is 2.63. The van der Waals surface area contributed by atoms with E-state index in [1.165, 1.54) is 0 Å². The minimum Gasteiger partial charge on any atom is -0.507 e. The second kappa shape index (κ2) is 6.65. The van der Waals surface area contributed by atoms with Gasteiger partial charge in [-0.25, -0.2) is 5.06 Å². The first-order valence-electron chi connectivity index (χ1n) is 7.88. The Morgan fingerprint density at radius 3 is 1.78 bits per heavy atom. The smallest absolute Gasteiger partial charge is 0.193 e. The summed E-state index contributed by atoms with van der Waals surface area (Å²) in [6.07, 6.45) is 0. The molecule has 0 amide bonds. The summed E-state index contributed by atoms with van der Waals surface area (Å²) in [5.41, 5.74) is 2.25. The van der Waals surface area contributed by atoms with Crippen LogP contribution in [0.25, 0.3) is 0 Å². The number of thiocarbonyl (C=S) groups is 1. The number of aromatic hydroxyl groups is 1. The number of benzene rings is 1. The van der Waals surface area contributed by atoms with Crippen molar-refractivity contribution in [3.8, 4) is 5.75 Å². The standard InChI is InChI=1S/C18H30N2O2S/c1-11(20(22)16(23)19-8)12-9-13(17(2,3)4)15(21)14(10-12)18(5,6)7/h9-11,21-22H,1-8H3,(H,19,23). The molecule has 23 heavy (non-hydrogen) atoms.